The molecule has 0 aliphatic carbocycles. The van der Waals surface area contributed by atoms with Gasteiger partial charge in [0.25, 0.3) is 0 Å². The van der Waals surface area contributed by atoms with Crippen LogP contribution in [0, 0.1) is 0 Å². The average molecular weight is 238 g/mol. The highest BCUT2D eigenvalue weighted by Gasteiger charge is 2.17. The van der Waals surface area contributed by atoms with E-state index >= 15 is 0 Å². The number of amides is 1. The van der Waals surface area contributed by atoms with E-state index in [0.717, 1.165) is 11.1 Å². The summed E-state index contributed by atoms with van der Waals surface area (Å²) in [5.41, 5.74) is 1.96. The number of benzene rings is 1. The van der Waals surface area contributed by atoms with Crippen molar-refractivity contribution >= 4 is 23.6 Å². The number of fused-ring (bicyclic) bond motifs is 1. The molecule has 0 aromatic heterocycles. The molecule has 0 fully saturated rings. The molecule has 2 rings (SSSR count). The monoisotopic (exact) mass is 237 g/mol. The third-order valence-corrected chi connectivity index (χ3v) is 3.01. The zero-order valence-corrected chi connectivity index (χ0v) is 9.91. The van der Waals surface area contributed by atoms with Crippen LogP contribution in [0.5, 0.6) is 5.75 Å². The van der Waals surface area contributed by atoms with Gasteiger partial charge in [0.05, 0.1) is 18.7 Å². The number of carbonyl (C=O) groups excluding carboxylic acids is 1. The minimum absolute atomic E-state index is 0.0221. The molecule has 1 aliphatic rings. The first kappa shape index (κ1) is 11.0. The lowest BCUT2D eigenvalue weighted by atomic mass is 10.0. The fraction of sp³-hybridized carbons (Fsp3) is 0.250. The zero-order chi connectivity index (χ0) is 11.7. The Labute approximate surface area is 99.3 Å². The summed E-state index contributed by atoms with van der Waals surface area (Å²) in [6.45, 7) is 2.10. The molecule has 84 valence electrons. The lowest BCUT2D eigenvalue weighted by Gasteiger charge is -2.23. The molecular formula is C12H12ClNO2. The molecule has 0 saturated carbocycles. The molecule has 1 amide bonds. The third kappa shape index (κ3) is 1.78. The van der Waals surface area contributed by atoms with Crippen molar-refractivity contribution in [2.75, 3.05) is 7.11 Å². The Morgan fingerprint density at radius 1 is 1.50 bits per heavy atom. The van der Waals surface area contributed by atoms with E-state index in [-0.39, 0.29) is 5.91 Å². The van der Waals surface area contributed by atoms with Gasteiger partial charge in [-0.05, 0) is 17.7 Å². The van der Waals surface area contributed by atoms with E-state index < -0.39 is 0 Å². The van der Waals surface area contributed by atoms with Gasteiger partial charge in [0, 0.05) is 18.7 Å². The van der Waals surface area contributed by atoms with Crippen molar-refractivity contribution in [3.63, 3.8) is 0 Å². The largest absolute Gasteiger partial charge is 0.495 e. The molecule has 1 aromatic rings. The minimum Gasteiger partial charge on any atom is -0.495 e. The Morgan fingerprint density at radius 3 is 2.88 bits per heavy atom. The van der Waals surface area contributed by atoms with Gasteiger partial charge in [-0.15, -0.1) is 0 Å². The molecule has 0 N–H and O–H groups in total. The maximum absolute atomic E-state index is 11.2. The quantitative estimate of drug-likeness (QED) is 0.752. The topological polar surface area (TPSA) is 29.5 Å². The number of carbonyl (C=O) groups is 1. The number of hydrogen-bond donors (Lipinski definition) is 0. The summed E-state index contributed by atoms with van der Waals surface area (Å²) in [4.78, 5) is 12.9. The van der Waals surface area contributed by atoms with Crippen LogP contribution >= 0.6 is 11.6 Å². The molecule has 0 spiro atoms. The van der Waals surface area contributed by atoms with E-state index in [4.69, 9.17) is 16.3 Å². The molecule has 0 saturated heterocycles. The fourth-order valence-electron chi connectivity index (χ4n) is 1.71. The van der Waals surface area contributed by atoms with Crippen LogP contribution in [0.1, 0.15) is 18.1 Å². The van der Waals surface area contributed by atoms with Gasteiger partial charge in [-0.25, -0.2) is 0 Å². The zero-order valence-electron chi connectivity index (χ0n) is 9.16. The van der Waals surface area contributed by atoms with Crippen LogP contribution in [0.2, 0.25) is 5.02 Å². The van der Waals surface area contributed by atoms with E-state index in [9.17, 15) is 4.79 Å². The highest BCUT2D eigenvalue weighted by atomic mass is 35.5. The summed E-state index contributed by atoms with van der Waals surface area (Å²) in [6, 6.07) is 3.75. The van der Waals surface area contributed by atoms with Gasteiger partial charge in [-0.2, -0.15) is 0 Å². The van der Waals surface area contributed by atoms with Crippen LogP contribution in [0.4, 0.5) is 0 Å². The highest BCUT2D eigenvalue weighted by Crippen LogP contribution is 2.34. The maximum atomic E-state index is 11.2. The van der Waals surface area contributed by atoms with Gasteiger partial charge < -0.3 is 9.64 Å². The number of hydrogen-bond acceptors (Lipinski definition) is 2. The van der Waals surface area contributed by atoms with E-state index in [0.29, 0.717) is 17.3 Å². The summed E-state index contributed by atoms with van der Waals surface area (Å²) in [6.07, 6.45) is 3.58. The van der Waals surface area contributed by atoms with Crippen molar-refractivity contribution in [1.29, 1.82) is 0 Å². The van der Waals surface area contributed by atoms with Crippen molar-refractivity contribution in [2.45, 2.75) is 13.5 Å². The van der Waals surface area contributed by atoms with Gasteiger partial charge in [0.1, 0.15) is 5.75 Å². The number of nitrogens with zero attached hydrogens (tertiary/aromatic N) is 1. The Balaban J connectivity index is 2.43. The Bertz CT molecular complexity index is 468. The van der Waals surface area contributed by atoms with Crippen LogP contribution in [0.3, 0.4) is 0 Å². The summed E-state index contributed by atoms with van der Waals surface area (Å²) in [7, 11) is 1.59. The molecule has 4 heteroatoms. The Hall–Kier alpha value is -1.48. The molecule has 1 aliphatic heterocycles. The third-order valence-electron chi connectivity index (χ3n) is 2.62. The number of ether oxygens (including phenoxy) is 1. The average Bonchev–Trinajstić information content (AvgIpc) is 2.29. The standard InChI is InChI=1S/C12H12ClNO2/c1-8(15)14-6-5-10-9(7-14)3-4-11(16-2)12(10)13/h3-6H,7H2,1-2H3. The SMILES string of the molecule is COc1ccc2c(c1Cl)C=CN(C(C)=O)C2. The summed E-state index contributed by atoms with van der Waals surface area (Å²) < 4.78 is 5.14. The van der Waals surface area contributed by atoms with E-state index in [1.807, 2.05) is 18.2 Å². The molecule has 0 atom stereocenters. The van der Waals surface area contributed by atoms with E-state index in [2.05, 4.69) is 0 Å². The first-order valence-corrected chi connectivity index (χ1v) is 5.32. The van der Waals surface area contributed by atoms with Gasteiger partial charge in [0.15, 0.2) is 0 Å². The molecule has 0 bridgehead atoms. The van der Waals surface area contributed by atoms with Gasteiger partial charge in [-0.1, -0.05) is 17.7 Å². The van der Waals surface area contributed by atoms with Gasteiger partial charge >= 0.3 is 0 Å². The summed E-state index contributed by atoms with van der Waals surface area (Å²) in [5, 5.41) is 0.597. The van der Waals surface area contributed by atoms with Crippen molar-refractivity contribution in [1.82, 2.24) is 4.90 Å². The fourth-order valence-corrected chi connectivity index (χ4v) is 2.03. The molecule has 1 aromatic carbocycles. The second kappa shape index (κ2) is 4.18. The van der Waals surface area contributed by atoms with Gasteiger partial charge in [-0.3, -0.25) is 4.79 Å². The second-order valence-corrected chi connectivity index (χ2v) is 4.00. The number of rotatable bonds is 1. The first-order valence-electron chi connectivity index (χ1n) is 4.94. The lowest BCUT2D eigenvalue weighted by Crippen LogP contribution is -2.24. The smallest absolute Gasteiger partial charge is 0.223 e. The first-order chi connectivity index (χ1) is 7.63. The molecule has 16 heavy (non-hydrogen) atoms. The minimum atomic E-state index is 0.0221. The van der Waals surface area contributed by atoms with Crippen molar-refractivity contribution in [3.8, 4) is 5.75 Å². The molecule has 0 radical (unpaired) electrons. The number of methoxy groups -OCH3 is 1. The highest BCUT2D eigenvalue weighted by molar-refractivity contribution is 6.33. The Morgan fingerprint density at radius 2 is 2.25 bits per heavy atom. The van der Waals surface area contributed by atoms with Crippen LogP contribution < -0.4 is 4.74 Å². The predicted octanol–water partition coefficient (Wildman–Crippen LogP) is 2.68. The predicted molar refractivity (Wildman–Crippen MR) is 63.3 cm³/mol. The van der Waals surface area contributed by atoms with Crippen molar-refractivity contribution < 1.29 is 9.53 Å². The molecular weight excluding hydrogens is 226 g/mol. The van der Waals surface area contributed by atoms with E-state index in [1.165, 1.54) is 0 Å². The second-order valence-electron chi connectivity index (χ2n) is 3.62. The normalized spacial score (nSPS) is 13.6. The summed E-state index contributed by atoms with van der Waals surface area (Å²) >= 11 is 6.17. The number of halogens is 1. The summed E-state index contributed by atoms with van der Waals surface area (Å²) in [5.74, 6) is 0.676. The van der Waals surface area contributed by atoms with Crippen LogP contribution in [0.25, 0.3) is 6.08 Å². The lowest BCUT2D eigenvalue weighted by molar-refractivity contribution is -0.126. The molecule has 0 unspecified atom stereocenters. The molecule has 3 nitrogen and oxygen atoms in total. The van der Waals surface area contributed by atoms with Crippen LogP contribution in [-0.2, 0) is 11.3 Å². The van der Waals surface area contributed by atoms with Crippen molar-refractivity contribution in [3.05, 3.63) is 34.5 Å². The van der Waals surface area contributed by atoms with Crippen LogP contribution in [0.15, 0.2) is 18.3 Å². The van der Waals surface area contributed by atoms with E-state index in [1.54, 1.807) is 25.1 Å². The molecule has 1 heterocycles. The van der Waals surface area contributed by atoms with Crippen molar-refractivity contribution in [2.24, 2.45) is 0 Å². The Kier molecular flexibility index (Phi) is 2.88. The van der Waals surface area contributed by atoms with Gasteiger partial charge in [0.2, 0.25) is 5.91 Å². The van der Waals surface area contributed by atoms with Crippen LogP contribution in [-0.4, -0.2) is 17.9 Å². The maximum Gasteiger partial charge on any atom is 0.223 e.